The van der Waals surface area contributed by atoms with Crippen molar-refractivity contribution in [3.63, 3.8) is 0 Å². The monoisotopic (exact) mass is 310 g/mol. The summed E-state index contributed by atoms with van der Waals surface area (Å²) in [5.74, 6) is 0.971. The largest absolute Gasteiger partial charge is 0.481 e. The molecule has 2 N–H and O–H groups in total. The number of carbonyl (C=O) groups is 1. The molecule has 1 aliphatic rings. The van der Waals surface area contributed by atoms with Crippen molar-refractivity contribution in [1.29, 1.82) is 0 Å². The maximum atomic E-state index is 12.3. The first kappa shape index (κ1) is 16.1. The molecule has 0 saturated carbocycles. The summed E-state index contributed by atoms with van der Waals surface area (Å²) in [6.07, 6.45) is 0.517. The molecule has 0 spiro atoms. The quantitative estimate of drug-likeness (QED) is 0.899. The second-order valence-electron chi connectivity index (χ2n) is 5.76. The van der Waals surface area contributed by atoms with E-state index in [0.29, 0.717) is 16.7 Å². The molecule has 116 valence electrons. The van der Waals surface area contributed by atoms with Crippen LogP contribution < -0.4 is 15.4 Å². The Balaban J connectivity index is 1.93. The number of amides is 1. The number of carbonyl (C=O) groups excluding carboxylic acids is 1. The van der Waals surface area contributed by atoms with E-state index in [0.717, 1.165) is 13.0 Å². The second-order valence-corrected chi connectivity index (χ2v) is 6.20. The molecule has 4 atom stereocenters. The van der Waals surface area contributed by atoms with Crippen LogP contribution in [0.3, 0.4) is 0 Å². The highest BCUT2D eigenvalue weighted by Crippen LogP contribution is 2.19. The lowest BCUT2D eigenvalue weighted by atomic mass is 9.89. The molecule has 1 heterocycles. The number of hydrogen-bond donors (Lipinski definition) is 2. The molecule has 21 heavy (non-hydrogen) atoms. The zero-order chi connectivity index (χ0) is 15.4. The van der Waals surface area contributed by atoms with Gasteiger partial charge in [0.15, 0.2) is 6.10 Å². The van der Waals surface area contributed by atoms with E-state index in [9.17, 15) is 4.79 Å². The lowest BCUT2D eigenvalue weighted by Crippen LogP contribution is -2.57. The van der Waals surface area contributed by atoms with E-state index < -0.39 is 6.10 Å². The smallest absolute Gasteiger partial charge is 0.261 e. The molecule has 0 bridgehead atoms. The van der Waals surface area contributed by atoms with Crippen molar-refractivity contribution in [2.24, 2.45) is 5.92 Å². The van der Waals surface area contributed by atoms with Crippen LogP contribution in [0.1, 0.15) is 27.2 Å². The van der Waals surface area contributed by atoms with Gasteiger partial charge in [0.1, 0.15) is 5.75 Å². The minimum Gasteiger partial charge on any atom is -0.481 e. The van der Waals surface area contributed by atoms with Gasteiger partial charge in [0, 0.05) is 17.1 Å². The predicted molar refractivity (Wildman–Crippen MR) is 84.7 cm³/mol. The molecule has 0 aromatic heterocycles. The number of piperidine rings is 1. The fraction of sp³-hybridized carbons (Fsp3) is 0.562. The fourth-order valence-electron chi connectivity index (χ4n) is 2.68. The van der Waals surface area contributed by atoms with E-state index in [1.807, 2.05) is 0 Å². The van der Waals surface area contributed by atoms with Crippen molar-refractivity contribution in [2.45, 2.75) is 45.4 Å². The van der Waals surface area contributed by atoms with E-state index in [4.69, 9.17) is 16.3 Å². The SMILES string of the molecule is CC(Oc1cccc(Cl)c1)C(=O)NC1C(C)CCNC1C. The Bertz CT molecular complexity index is 485. The molecule has 0 aliphatic carbocycles. The van der Waals surface area contributed by atoms with E-state index >= 15 is 0 Å². The first-order chi connectivity index (χ1) is 9.97. The lowest BCUT2D eigenvalue weighted by Gasteiger charge is -2.36. The van der Waals surface area contributed by atoms with Gasteiger partial charge < -0.3 is 15.4 Å². The first-order valence-electron chi connectivity index (χ1n) is 7.43. The number of nitrogens with one attached hydrogen (secondary N) is 2. The van der Waals surface area contributed by atoms with Crippen LogP contribution in [0.2, 0.25) is 5.02 Å². The molecule has 4 nitrogen and oxygen atoms in total. The maximum Gasteiger partial charge on any atom is 0.261 e. The van der Waals surface area contributed by atoms with Crippen molar-refractivity contribution >= 4 is 17.5 Å². The summed E-state index contributed by atoms with van der Waals surface area (Å²) in [6.45, 7) is 7.03. The molecule has 5 heteroatoms. The van der Waals surface area contributed by atoms with Gasteiger partial charge in [-0.25, -0.2) is 0 Å². The molecule has 0 radical (unpaired) electrons. The minimum absolute atomic E-state index is 0.0950. The molecule has 2 rings (SSSR count). The van der Waals surface area contributed by atoms with Crippen molar-refractivity contribution < 1.29 is 9.53 Å². The number of rotatable bonds is 4. The molecule has 1 fully saturated rings. The molecular formula is C16H23ClN2O2. The van der Waals surface area contributed by atoms with Gasteiger partial charge in [-0.1, -0.05) is 24.6 Å². The Morgan fingerprint density at radius 3 is 2.90 bits per heavy atom. The average molecular weight is 311 g/mol. The summed E-state index contributed by atoms with van der Waals surface area (Å²) in [7, 11) is 0. The van der Waals surface area contributed by atoms with Gasteiger partial charge >= 0.3 is 0 Å². The Labute approximate surface area is 131 Å². The summed E-state index contributed by atoms with van der Waals surface area (Å²) in [6, 6.07) is 7.49. The standard InChI is InChI=1S/C16H23ClN2O2/c1-10-7-8-18-11(2)15(10)19-16(20)12(3)21-14-6-4-5-13(17)9-14/h4-6,9-12,15,18H,7-8H2,1-3H3,(H,19,20). The van der Waals surface area contributed by atoms with Crippen molar-refractivity contribution in [3.05, 3.63) is 29.3 Å². The van der Waals surface area contributed by atoms with E-state index in [1.165, 1.54) is 0 Å². The molecule has 1 saturated heterocycles. The Morgan fingerprint density at radius 2 is 2.24 bits per heavy atom. The number of benzene rings is 1. The van der Waals surface area contributed by atoms with Gasteiger partial charge in [0.05, 0.1) is 0 Å². The van der Waals surface area contributed by atoms with Gasteiger partial charge in [-0.2, -0.15) is 0 Å². The van der Waals surface area contributed by atoms with Crippen LogP contribution in [0.15, 0.2) is 24.3 Å². The van der Waals surface area contributed by atoms with Crippen molar-refractivity contribution in [2.75, 3.05) is 6.54 Å². The highest BCUT2D eigenvalue weighted by molar-refractivity contribution is 6.30. The van der Waals surface area contributed by atoms with Crippen LogP contribution >= 0.6 is 11.6 Å². The van der Waals surface area contributed by atoms with Crippen molar-refractivity contribution in [3.8, 4) is 5.75 Å². The number of halogens is 1. The van der Waals surface area contributed by atoms with Crippen LogP contribution in [0.4, 0.5) is 0 Å². The first-order valence-corrected chi connectivity index (χ1v) is 7.81. The Hall–Kier alpha value is -1.26. The summed E-state index contributed by atoms with van der Waals surface area (Å²) in [5.41, 5.74) is 0. The molecular weight excluding hydrogens is 288 g/mol. The number of hydrogen-bond acceptors (Lipinski definition) is 3. The van der Waals surface area contributed by atoms with E-state index in [1.54, 1.807) is 31.2 Å². The summed E-state index contributed by atoms with van der Waals surface area (Å²) in [4.78, 5) is 12.3. The van der Waals surface area contributed by atoms with Crippen LogP contribution in [-0.2, 0) is 4.79 Å². The van der Waals surface area contributed by atoms with Crippen LogP contribution in [0, 0.1) is 5.92 Å². The Kier molecular flexibility index (Phi) is 5.48. The minimum atomic E-state index is -0.551. The van der Waals surface area contributed by atoms with Gasteiger partial charge in [-0.05, 0) is 50.9 Å². The topological polar surface area (TPSA) is 50.4 Å². The molecule has 1 aliphatic heterocycles. The summed E-state index contributed by atoms with van der Waals surface area (Å²) in [5, 5.41) is 7.08. The predicted octanol–water partition coefficient (Wildman–Crippen LogP) is 2.61. The van der Waals surface area contributed by atoms with Gasteiger partial charge in [-0.3, -0.25) is 4.79 Å². The van der Waals surface area contributed by atoms with E-state index in [2.05, 4.69) is 24.5 Å². The second kappa shape index (κ2) is 7.14. The maximum absolute atomic E-state index is 12.3. The molecule has 1 amide bonds. The van der Waals surface area contributed by atoms with Gasteiger partial charge in [0.25, 0.3) is 5.91 Å². The molecule has 1 aromatic carbocycles. The highest BCUT2D eigenvalue weighted by atomic mass is 35.5. The Morgan fingerprint density at radius 1 is 1.48 bits per heavy atom. The number of ether oxygens (including phenoxy) is 1. The highest BCUT2D eigenvalue weighted by Gasteiger charge is 2.30. The zero-order valence-corrected chi connectivity index (χ0v) is 13.5. The molecule has 4 unspecified atom stereocenters. The van der Waals surface area contributed by atoms with Gasteiger partial charge in [-0.15, -0.1) is 0 Å². The summed E-state index contributed by atoms with van der Waals surface area (Å²) >= 11 is 5.91. The zero-order valence-electron chi connectivity index (χ0n) is 12.7. The third kappa shape index (κ3) is 4.35. The van der Waals surface area contributed by atoms with Crippen molar-refractivity contribution in [1.82, 2.24) is 10.6 Å². The van der Waals surface area contributed by atoms with E-state index in [-0.39, 0.29) is 18.0 Å². The molecule has 1 aromatic rings. The lowest BCUT2D eigenvalue weighted by molar-refractivity contribution is -0.128. The van der Waals surface area contributed by atoms with Crippen LogP contribution in [0.25, 0.3) is 0 Å². The van der Waals surface area contributed by atoms with Crippen LogP contribution in [0.5, 0.6) is 5.75 Å². The third-order valence-corrected chi connectivity index (χ3v) is 4.24. The normalized spacial score (nSPS) is 27.0. The van der Waals surface area contributed by atoms with Crippen LogP contribution in [-0.4, -0.2) is 30.6 Å². The third-order valence-electron chi connectivity index (χ3n) is 4.00. The van der Waals surface area contributed by atoms with Gasteiger partial charge in [0.2, 0.25) is 0 Å². The fourth-order valence-corrected chi connectivity index (χ4v) is 2.87. The summed E-state index contributed by atoms with van der Waals surface area (Å²) < 4.78 is 5.65. The average Bonchev–Trinajstić information content (AvgIpc) is 2.43.